The van der Waals surface area contributed by atoms with Gasteiger partial charge in [-0.15, -0.1) is 11.6 Å². The van der Waals surface area contributed by atoms with E-state index in [2.05, 4.69) is 22.9 Å². The van der Waals surface area contributed by atoms with Crippen molar-refractivity contribution in [3.8, 4) is 0 Å². The van der Waals surface area contributed by atoms with Gasteiger partial charge in [-0.1, -0.05) is 6.92 Å². The van der Waals surface area contributed by atoms with Gasteiger partial charge in [0.15, 0.2) is 0 Å². The maximum Gasteiger partial charge on any atom is 0.246 e. The van der Waals surface area contributed by atoms with Gasteiger partial charge in [-0.05, 0) is 51.0 Å². The fraction of sp³-hybridized carbons (Fsp3) is 0.900. The van der Waals surface area contributed by atoms with Crippen LogP contribution in [0.4, 0.5) is 4.39 Å². The summed E-state index contributed by atoms with van der Waals surface area (Å²) in [6.45, 7) is 3.84. The van der Waals surface area contributed by atoms with Crippen molar-refractivity contribution in [1.29, 1.82) is 0 Å². The Balaban J connectivity index is 1.15. The summed E-state index contributed by atoms with van der Waals surface area (Å²) in [5, 5.41) is 9.16. The maximum absolute atomic E-state index is 13.6. The number of hydrogen-bond donors (Lipinski definition) is 3. The molecular weight excluding hydrogens is 385 g/mol. The quantitative estimate of drug-likeness (QED) is 0.576. The molecule has 2 bridgehead atoms. The minimum absolute atomic E-state index is 0.0409. The molecule has 5 aliphatic rings. The summed E-state index contributed by atoms with van der Waals surface area (Å²) in [6, 6.07) is 0. The Morgan fingerprint density at radius 3 is 2.54 bits per heavy atom. The molecule has 5 atom stereocenters. The molecule has 0 aromatic carbocycles. The summed E-state index contributed by atoms with van der Waals surface area (Å²) in [5.74, 6) is 0.542. The number of rotatable bonds is 6. The van der Waals surface area contributed by atoms with Crippen LogP contribution in [0.25, 0.3) is 0 Å². The highest BCUT2D eigenvalue weighted by Gasteiger charge is 2.69. The molecule has 28 heavy (non-hydrogen) atoms. The number of amides is 2. The molecule has 0 spiro atoms. The van der Waals surface area contributed by atoms with E-state index in [1.807, 2.05) is 0 Å². The van der Waals surface area contributed by atoms with E-state index >= 15 is 0 Å². The number of carbonyl (C=O) groups excluding carboxylic acids is 2. The second kappa shape index (κ2) is 7.73. The van der Waals surface area contributed by atoms with Crippen molar-refractivity contribution >= 4 is 23.4 Å². The molecule has 1 aliphatic heterocycles. The zero-order chi connectivity index (χ0) is 19.9. The molecule has 5 rings (SSSR count). The highest BCUT2D eigenvalue weighted by Crippen LogP contribution is 2.60. The van der Waals surface area contributed by atoms with Gasteiger partial charge in [0.1, 0.15) is 12.8 Å². The Hall–Kier alpha value is -0.920. The molecular formula is C20H31ClFN3O3. The molecule has 8 heteroatoms. The van der Waals surface area contributed by atoms with Crippen LogP contribution >= 0.6 is 11.6 Å². The monoisotopic (exact) mass is 415 g/mol. The van der Waals surface area contributed by atoms with Crippen LogP contribution in [-0.4, -0.2) is 60.2 Å². The Kier molecular flexibility index (Phi) is 5.62. The minimum atomic E-state index is -1.06. The smallest absolute Gasteiger partial charge is 0.246 e. The van der Waals surface area contributed by atoms with Crippen LogP contribution in [0.15, 0.2) is 0 Å². The summed E-state index contributed by atoms with van der Waals surface area (Å²) in [4.78, 5) is 24.8. The minimum Gasteiger partial charge on any atom is -0.368 e. The molecule has 0 aromatic rings. The first-order chi connectivity index (χ1) is 13.3. The van der Waals surface area contributed by atoms with E-state index in [4.69, 9.17) is 16.3 Å². The first kappa shape index (κ1) is 20.4. The lowest BCUT2D eigenvalue weighted by Gasteiger charge is -2.70. The van der Waals surface area contributed by atoms with Crippen LogP contribution < -0.4 is 16.0 Å². The number of hydrogen-bond acceptors (Lipinski definition) is 4. The molecule has 4 aliphatic carbocycles. The van der Waals surface area contributed by atoms with Crippen LogP contribution in [0.1, 0.15) is 51.9 Å². The predicted octanol–water partition coefficient (Wildman–Crippen LogP) is 1.65. The number of alkyl halides is 2. The standard InChI is InChI=1S/C20H31ClFN3O3/c1-12-4-13(7-23-6-12)18(27)25-20-9-19(10-20,11-20)24-17(26)8-28-14-2-3-15(21)16(22)5-14/h12-16,23H,2-11H2,1H3,(H,24,26)(H,25,27). The molecule has 3 N–H and O–H groups in total. The Morgan fingerprint density at radius 1 is 1.14 bits per heavy atom. The molecule has 0 aromatic heterocycles. The maximum atomic E-state index is 13.6. The Morgan fingerprint density at radius 2 is 1.86 bits per heavy atom. The average Bonchev–Trinajstić information content (AvgIpc) is 2.59. The van der Waals surface area contributed by atoms with Crippen molar-refractivity contribution in [2.24, 2.45) is 11.8 Å². The third kappa shape index (κ3) is 4.17. The third-order valence-electron chi connectivity index (χ3n) is 6.86. The Labute approximate surface area is 170 Å². The van der Waals surface area contributed by atoms with E-state index in [-0.39, 0.29) is 47.9 Å². The lowest BCUT2D eigenvalue weighted by molar-refractivity contribution is -0.155. The second-order valence-electron chi connectivity index (χ2n) is 9.60. The van der Waals surface area contributed by atoms with E-state index in [9.17, 15) is 14.0 Å². The van der Waals surface area contributed by atoms with Crippen molar-refractivity contribution in [2.45, 2.75) is 80.6 Å². The van der Waals surface area contributed by atoms with Crippen LogP contribution in [0.3, 0.4) is 0 Å². The first-order valence-corrected chi connectivity index (χ1v) is 11.0. The number of piperidine rings is 1. The fourth-order valence-corrected chi connectivity index (χ4v) is 5.72. The SMILES string of the molecule is CC1CNCC(C(=O)NC23CC(NC(=O)COC4CCC(Cl)C(F)C4)(C2)C3)C1. The average molecular weight is 416 g/mol. The third-order valence-corrected chi connectivity index (χ3v) is 7.35. The lowest BCUT2D eigenvalue weighted by atomic mass is 9.44. The van der Waals surface area contributed by atoms with Gasteiger partial charge < -0.3 is 20.7 Å². The van der Waals surface area contributed by atoms with Gasteiger partial charge >= 0.3 is 0 Å². The first-order valence-electron chi connectivity index (χ1n) is 10.5. The molecule has 1 saturated heterocycles. The van der Waals surface area contributed by atoms with Crippen LogP contribution in [0.2, 0.25) is 0 Å². The summed E-state index contributed by atoms with van der Waals surface area (Å²) >= 11 is 5.88. The summed E-state index contributed by atoms with van der Waals surface area (Å²) in [7, 11) is 0. The van der Waals surface area contributed by atoms with E-state index in [1.54, 1.807) is 0 Å². The Bertz CT molecular complexity index is 614. The van der Waals surface area contributed by atoms with Gasteiger partial charge in [0.05, 0.1) is 17.4 Å². The van der Waals surface area contributed by atoms with E-state index in [0.29, 0.717) is 18.8 Å². The molecule has 1 heterocycles. The summed E-state index contributed by atoms with van der Waals surface area (Å²) < 4.78 is 19.2. The van der Waals surface area contributed by atoms with Crippen LogP contribution in [0, 0.1) is 11.8 Å². The molecule has 4 saturated carbocycles. The largest absolute Gasteiger partial charge is 0.368 e. The van der Waals surface area contributed by atoms with Gasteiger partial charge in [0.2, 0.25) is 11.8 Å². The van der Waals surface area contributed by atoms with Gasteiger partial charge in [-0.25, -0.2) is 4.39 Å². The number of nitrogens with one attached hydrogen (secondary N) is 3. The van der Waals surface area contributed by atoms with Gasteiger partial charge in [0.25, 0.3) is 0 Å². The second-order valence-corrected chi connectivity index (χ2v) is 10.2. The molecule has 2 amide bonds. The molecule has 5 unspecified atom stereocenters. The van der Waals surface area contributed by atoms with Crippen molar-refractivity contribution in [3.63, 3.8) is 0 Å². The van der Waals surface area contributed by atoms with E-state index in [0.717, 1.165) is 38.8 Å². The normalized spacial score (nSPS) is 44.8. The van der Waals surface area contributed by atoms with Gasteiger partial charge in [0, 0.05) is 24.0 Å². The highest BCUT2D eigenvalue weighted by atomic mass is 35.5. The molecule has 0 radical (unpaired) electrons. The number of ether oxygens (including phenoxy) is 1. The summed E-state index contributed by atoms with van der Waals surface area (Å²) in [5.41, 5.74) is -0.325. The van der Waals surface area contributed by atoms with E-state index < -0.39 is 11.5 Å². The summed E-state index contributed by atoms with van der Waals surface area (Å²) in [6.07, 6.45) is 3.53. The zero-order valence-corrected chi connectivity index (χ0v) is 17.2. The van der Waals surface area contributed by atoms with Crippen molar-refractivity contribution in [1.82, 2.24) is 16.0 Å². The highest BCUT2D eigenvalue weighted by molar-refractivity contribution is 6.21. The van der Waals surface area contributed by atoms with Gasteiger partial charge in [-0.2, -0.15) is 0 Å². The topological polar surface area (TPSA) is 79.5 Å². The van der Waals surface area contributed by atoms with Crippen molar-refractivity contribution in [2.75, 3.05) is 19.7 Å². The number of carbonyl (C=O) groups is 2. The number of halogens is 2. The fourth-order valence-electron chi connectivity index (χ4n) is 5.49. The molecule has 5 fully saturated rings. The van der Waals surface area contributed by atoms with Crippen LogP contribution in [0.5, 0.6) is 0 Å². The van der Waals surface area contributed by atoms with Crippen LogP contribution in [-0.2, 0) is 14.3 Å². The lowest BCUT2D eigenvalue weighted by Crippen LogP contribution is -2.84. The predicted molar refractivity (Wildman–Crippen MR) is 104 cm³/mol. The molecule has 6 nitrogen and oxygen atoms in total. The molecule has 158 valence electrons. The zero-order valence-electron chi connectivity index (χ0n) is 16.4. The van der Waals surface area contributed by atoms with Gasteiger partial charge in [-0.3, -0.25) is 9.59 Å². The van der Waals surface area contributed by atoms with Crippen molar-refractivity contribution in [3.05, 3.63) is 0 Å². The van der Waals surface area contributed by atoms with Crippen molar-refractivity contribution < 1.29 is 18.7 Å². The van der Waals surface area contributed by atoms with E-state index in [1.165, 1.54) is 0 Å².